The van der Waals surface area contributed by atoms with Crippen LogP contribution in [0.25, 0.3) is 0 Å². The van der Waals surface area contributed by atoms with E-state index in [1.54, 1.807) is 0 Å². The lowest BCUT2D eigenvalue weighted by Gasteiger charge is -2.21. The molecule has 1 amide bonds. The number of aromatic amines is 1. The van der Waals surface area contributed by atoms with Crippen molar-refractivity contribution in [2.24, 2.45) is 0 Å². The van der Waals surface area contributed by atoms with Crippen LogP contribution >= 0.6 is 0 Å². The Hall–Kier alpha value is -1.50. The lowest BCUT2D eigenvalue weighted by atomic mass is 10.1. The largest absolute Gasteiger partial charge is 0.332 e. The van der Waals surface area contributed by atoms with Crippen LogP contribution in [0.1, 0.15) is 35.1 Å². The Balaban J connectivity index is 2.18. The highest BCUT2D eigenvalue weighted by Crippen LogP contribution is 2.17. The molecule has 0 aromatic carbocycles. The van der Waals surface area contributed by atoms with Gasteiger partial charge in [-0.3, -0.25) is 9.89 Å². The molecular weight excluding hydrogens is 254 g/mol. The van der Waals surface area contributed by atoms with E-state index in [0.717, 1.165) is 24.2 Å². The van der Waals surface area contributed by atoms with Crippen molar-refractivity contribution in [1.82, 2.24) is 20.4 Å². The van der Waals surface area contributed by atoms with E-state index in [-0.39, 0.29) is 5.69 Å². The smallest absolute Gasteiger partial charge is 0.274 e. The number of alkyl halides is 2. The molecule has 1 aliphatic rings. The molecule has 1 aliphatic heterocycles. The molecule has 7 heteroatoms. The van der Waals surface area contributed by atoms with Crippen molar-refractivity contribution >= 4 is 5.91 Å². The SMILES string of the molecule is CCCN(CC(F)F)C(=O)c1n[nH]c2c1CNCC2. The number of carbonyl (C=O) groups is 1. The van der Waals surface area contributed by atoms with Crippen molar-refractivity contribution in [3.8, 4) is 0 Å². The van der Waals surface area contributed by atoms with Crippen LogP contribution in [0.2, 0.25) is 0 Å². The molecule has 106 valence electrons. The molecule has 0 fully saturated rings. The summed E-state index contributed by atoms with van der Waals surface area (Å²) >= 11 is 0. The number of fused-ring (bicyclic) bond motifs is 1. The normalized spacial score (nSPS) is 14.5. The zero-order chi connectivity index (χ0) is 13.8. The minimum Gasteiger partial charge on any atom is -0.332 e. The first-order valence-electron chi connectivity index (χ1n) is 6.47. The number of nitrogens with one attached hydrogen (secondary N) is 2. The van der Waals surface area contributed by atoms with Gasteiger partial charge in [0.2, 0.25) is 0 Å². The summed E-state index contributed by atoms with van der Waals surface area (Å²) in [7, 11) is 0. The van der Waals surface area contributed by atoms with E-state index in [9.17, 15) is 13.6 Å². The van der Waals surface area contributed by atoms with Gasteiger partial charge in [0, 0.05) is 37.3 Å². The number of halogens is 2. The Labute approximate surface area is 110 Å². The Morgan fingerprint density at radius 3 is 3.00 bits per heavy atom. The molecule has 0 spiro atoms. The Morgan fingerprint density at radius 1 is 1.53 bits per heavy atom. The standard InChI is InChI=1S/C12H18F2N4O/c1-2-5-18(7-10(13)14)12(19)11-8-6-15-4-3-9(8)16-17-11/h10,15H,2-7H2,1H3,(H,16,17). The third kappa shape index (κ3) is 3.09. The molecule has 5 nitrogen and oxygen atoms in total. The second-order valence-corrected chi connectivity index (χ2v) is 4.60. The molecule has 2 heterocycles. The van der Waals surface area contributed by atoms with Crippen molar-refractivity contribution in [3.05, 3.63) is 17.0 Å². The van der Waals surface area contributed by atoms with Gasteiger partial charge in [-0.15, -0.1) is 0 Å². The first kappa shape index (κ1) is 13.9. The van der Waals surface area contributed by atoms with E-state index in [2.05, 4.69) is 15.5 Å². The van der Waals surface area contributed by atoms with Gasteiger partial charge in [-0.1, -0.05) is 6.92 Å². The molecule has 0 saturated carbocycles. The molecule has 1 aromatic rings. The molecule has 0 bridgehead atoms. The van der Waals surface area contributed by atoms with Crippen LogP contribution in [0.15, 0.2) is 0 Å². The molecule has 0 aliphatic carbocycles. The van der Waals surface area contributed by atoms with Crippen molar-refractivity contribution in [3.63, 3.8) is 0 Å². The average Bonchev–Trinajstić information content (AvgIpc) is 2.80. The molecule has 2 rings (SSSR count). The third-order valence-corrected chi connectivity index (χ3v) is 3.15. The van der Waals surface area contributed by atoms with Crippen molar-refractivity contribution in [1.29, 1.82) is 0 Å². The highest BCUT2D eigenvalue weighted by Gasteiger charge is 2.26. The van der Waals surface area contributed by atoms with Gasteiger partial charge >= 0.3 is 0 Å². The number of amides is 1. The Kier molecular flexibility index (Phi) is 4.47. The number of nitrogens with zero attached hydrogens (tertiary/aromatic N) is 2. The van der Waals surface area contributed by atoms with E-state index in [4.69, 9.17) is 0 Å². The zero-order valence-corrected chi connectivity index (χ0v) is 10.9. The summed E-state index contributed by atoms with van der Waals surface area (Å²) in [5, 5.41) is 9.99. The van der Waals surface area contributed by atoms with Crippen LogP contribution in [0, 0.1) is 0 Å². The number of carbonyl (C=O) groups excluding carboxylic acids is 1. The van der Waals surface area contributed by atoms with E-state index < -0.39 is 18.9 Å². The van der Waals surface area contributed by atoms with Gasteiger partial charge < -0.3 is 10.2 Å². The molecule has 0 atom stereocenters. The maximum absolute atomic E-state index is 12.5. The van der Waals surface area contributed by atoms with Crippen LogP contribution in [-0.2, 0) is 13.0 Å². The maximum Gasteiger partial charge on any atom is 0.274 e. The van der Waals surface area contributed by atoms with Crippen molar-refractivity contribution in [2.45, 2.75) is 32.7 Å². The molecule has 19 heavy (non-hydrogen) atoms. The van der Waals surface area contributed by atoms with Crippen LogP contribution < -0.4 is 5.32 Å². The average molecular weight is 272 g/mol. The predicted molar refractivity (Wildman–Crippen MR) is 66.2 cm³/mol. The first-order chi connectivity index (χ1) is 9.13. The summed E-state index contributed by atoms with van der Waals surface area (Å²) in [4.78, 5) is 13.5. The van der Waals surface area contributed by atoms with Crippen LogP contribution in [0.3, 0.4) is 0 Å². The molecule has 0 saturated heterocycles. The lowest BCUT2D eigenvalue weighted by molar-refractivity contribution is 0.0549. The summed E-state index contributed by atoms with van der Waals surface area (Å²) in [5.74, 6) is -0.414. The number of H-pyrrole nitrogens is 1. The van der Waals surface area contributed by atoms with Gasteiger partial charge in [0.15, 0.2) is 5.69 Å². The Morgan fingerprint density at radius 2 is 2.32 bits per heavy atom. The van der Waals surface area contributed by atoms with E-state index in [0.29, 0.717) is 19.5 Å². The zero-order valence-electron chi connectivity index (χ0n) is 10.9. The van der Waals surface area contributed by atoms with Gasteiger partial charge in [-0.2, -0.15) is 5.10 Å². The summed E-state index contributed by atoms with van der Waals surface area (Å²) < 4.78 is 25.0. The van der Waals surface area contributed by atoms with Gasteiger partial charge in [0.05, 0.1) is 6.54 Å². The molecule has 1 aromatic heterocycles. The highest BCUT2D eigenvalue weighted by atomic mass is 19.3. The fourth-order valence-corrected chi connectivity index (χ4v) is 2.26. The van der Waals surface area contributed by atoms with E-state index >= 15 is 0 Å². The fourth-order valence-electron chi connectivity index (χ4n) is 2.26. The van der Waals surface area contributed by atoms with Crippen molar-refractivity contribution < 1.29 is 13.6 Å². The summed E-state index contributed by atoms with van der Waals surface area (Å²) in [6.07, 6.45) is -1.11. The molecule has 0 unspecified atom stereocenters. The number of hydrogen-bond donors (Lipinski definition) is 2. The summed E-state index contributed by atoms with van der Waals surface area (Å²) in [6.45, 7) is 3.02. The van der Waals surface area contributed by atoms with Crippen LogP contribution in [0.5, 0.6) is 0 Å². The lowest BCUT2D eigenvalue weighted by Crippen LogP contribution is -2.37. The number of hydrogen-bond acceptors (Lipinski definition) is 3. The Bertz CT molecular complexity index is 447. The predicted octanol–water partition coefficient (Wildman–Crippen LogP) is 1.17. The fraction of sp³-hybridized carbons (Fsp3) is 0.667. The van der Waals surface area contributed by atoms with E-state index in [1.165, 1.54) is 4.90 Å². The maximum atomic E-state index is 12.5. The molecule has 0 radical (unpaired) electrons. The number of rotatable bonds is 5. The van der Waals surface area contributed by atoms with Gasteiger partial charge in [-0.05, 0) is 6.42 Å². The third-order valence-electron chi connectivity index (χ3n) is 3.15. The second kappa shape index (κ2) is 6.10. The molecule has 2 N–H and O–H groups in total. The van der Waals surface area contributed by atoms with Crippen molar-refractivity contribution in [2.75, 3.05) is 19.6 Å². The minimum absolute atomic E-state index is 0.274. The van der Waals surface area contributed by atoms with Crippen LogP contribution in [-0.4, -0.2) is 47.1 Å². The van der Waals surface area contributed by atoms with E-state index in [1.807, 2.05) is 6.92 Å². The van der Waals surface area contributed by atoms with Gasteiger partial charge in [-0.25, -0.2) is 8.78 Å². The minimum atomic E-state index is -2.52. The highest BCUT2D eigenvalue weighted by molar-refractivity contribution is 5.94. The topological polar surface area (TPSA) is 61.0 Å². The monoisotopic (exact) mass is 272 g/mol. The first-order valence-corrected chi connectivity index (χ1v) is 6.47. The quantitative estimate of drug-likeness (QED) is 0.846. The van der Waals surface area contributed by atoms with Crippen LogP contribution in [0.4, 0.5) is 8.78 Å². The summed E-state index contributed by atoms with van der Waals surface area (Å²) in [5.41, 5.74) is 2.01. The van der Waals surface area contributed by atoms with Gasteiger partial charge in [0.1, 0.15) is 0 Å². The van der Waals surface area contributed by atoms with Gasteiger partial charge in [0.25, 0.3) is 12.3 Å². The number of aromatic nitrogens is 2. The second-order valence-electron chi connectivity index (χ2n) is 4.60. The molecular formula is C12H18F2N4O. The summed E-state index contributed by atoms with van der Waals surface area (Å²) in [6, 6.07) is 0.